The van der Waals surface area contributed by atoms with Gasteiger partial charge in [0, 0.05) is 50.3 Å². The van der Waals surface area contributed by atoms with Crippen LogP contribution in [0.3, 0.4) is 0 Å². The van der Waals surface area contributed by atoms with Crippen molar-refractivity contribution in [2.24, 2.45) is 0 Å². The SMILES string of the molecule is Cc1ccc(-n2cc(-c3ccc(C(=O)N4CCN(c5ccccn5)CC4)cn3)cn2)cc1. The van der Waals surface area contributed by atoms with Crippen LogP contribution in [0.2, 0.25) is 0 Å². The Morgan fingerprint density at radius 1 is 0.875 bits per heavy atom. The van der Waals surface area contributed by atoms with Crippen molar-refractivity contribution in [3.05, 3.63) is 90.5 Å². The third kappa shape index (κ3) is 4.09. The standard InChI is InChI=1S/C25H24N6O/c1-19-5-8-22(9-6-19)31-18-21(17-28-31)23-10-7-20(16-27-23)25(32)30-14-12-29(13-15-30)24-4-2-3-11-26-24/h2-11,16-18H,12-15H2,1H3. The molecule has 0 spiro atoms. The molecule has 0 saturated carbocycles. The molecule has 0 atom stereocenters. The normalized spacial score (nSPS) is 13.9. The zero-order chi connectivity index (χ0) is 21.9. The van der Waals surface area contributed by atoms with Crippen LogP contribution in [-0.4, -0.2) is 56.7 Å². The third-order valence-corrected chi connectivity index (χ3v) is 5.73. The maximum atomic E-state index is 12.9. The van der Waals surface area contributed by atoms with Gasteiger partial charge in [-0.25, -0.2) is 9.67 Å². The van der Waals surface area contributed by atoms with Gasteiger partial charge in [0.25, 0.3) is 5.91 Å². The molecular weight excluding hydrogens is 400 g/mol. The van der Waals surface area contributed by atoms with Crippen molar-refractivity contribution in [1.82, 2.24) is 24.6 Å². The average Bonchev–Trinajstić information content (AvgIpc) is 3.35. The Morgan fingerprint density at radius 3 is 2.38 bits per heavy atom. The number of anilines is 1. The quantitative estimate of drug-likeness (QED) is 0.501. The van der Waals surface area contributed by atoms with Crippen molar-refractivity contribution in [2.75, 3.05) is 31.1 Å². The number of carbonyl (C=O) groups excluding carboxylic acids is 1. The molecule has 32 heavy (non-hydrogen) atoms. The summed E-state index contributed by atoms with van der Waals surface area (Å²) < 4.78 is 1.83. The summed E-state index contributed by atoms with van der Waals surface area (Å²) in [4.78, 5) is 26.0. The van der Waals surface area contributed by atoms with Crippen molar-refractivity contribution in [2.45, 2.75) is 6.92 Å². The van der Waals surface area contributed by atoms with Crippen LogP contribution in [0.4, 0.5) is 5.82 Å². The van der Waals surface area contributed by atoms with Crippen LogP contribution in [0.5, 0.6) is 0 Å². The fourth-order valence-corrected chi connectivity index (χ4v) is 3.85. The number of aryl methyl sites for hydroxylation is 1. The molecule has 5 rings (SSSR count). The van der Waals surface area contributed by atoms with E-state index in [4.69, 9.17) is 0 Å². The number of amides is 1. The molecule has 1 aromatic carbocycles. The summed E-state index contributed by atoms with van der Waals surface area (Å²) in [6.07, 6.45) is 7.20. The molecule has 0 bridgehead atoms. The minimum absolute atomic E-state index is 0.0140. The van der Waals surface area contributed by atoms with Crippen molar-refractivity contribution >= 4 is 11.7 Å². The second kappa shape index (κ2) is 8.63. The number of pyridine rings is 2. The molecule has 1 saturated heterocycles. The summed E-state index contributed by atoms with van der Waals surface area (Å²) >= 11 is 0. The molecule has 7 heteroatoms. The first-order valence-electron chi connectivity index (χ1n) is 10.7. The van der Waals surface area contributed by atoms with Gasteiger partial charge in [-0.15, -0.1) is 0 Å². The van der Waals surface area contributed by atoms with Gasteiger partial charge in [0.15, 0.2) is 0 Å². The molecule has 1 aliphatic rings. The van der Waals surface area contributed by atoms with Crippen LogP contribution in [0.1, 0.15) is 15.9 Å². The van der Waals surface area contributed by atoms with E-state index < -0.39 is 0 Å². The molecule has 0 radical (unpaired) electrons. The van der Waals surface area contributed by atoms with E-state index in [0.717, 1.165) is 35.9 Å². The Kier molecular flexibility index (Phi) is 5.37. The molecule has 0 N–H and O–H groups in total. The molecule has 3 aromatic heterocycles. The molecule has 1 amide bonds. The lowest BCUT2D eigenvalue weighted by molar-refractivity contribution is 0.0746. The number of benzene rings is 1. The minimum atomic E-state index is 0.0140. The van der Waals surface area contributed by atoms with Gasteiger partial charge in [0.1, 0.15) is 5.82 Å². The van der Waals surface area contributed by atoms with Crippen LogP contribution >= 0.6 is 0 Å². The van der Waals surface area contributed by atoms with Crippen LogP contribution in [0.25, 0.3) is 16.9 Å². The number of nitrogens with zero attached hydrogens (tertiary/aromatic N) is 6. The number of hydrogen-bond donors (Lipinski definition) is 0. The first kappa shape index (κ1) is 19.9. The number of aromatic nitrogens is 4. The largest absolute Gasteiger partial charge is 0.353 e. The fraction of sp³-hybridized carbons (Fsp3) is 0.200. The second-order valence-corrected chi connectivity index (χ2v) is 7.91. The van der Waals surface area contributed by atoms with Crippen LogP contribution in [0.15, 0.2) is 79.4 Å². The highest BCUT2D eigenvalue weighted by atomic mass is 16.2. The van der Waals surface area contributed by atoms with E-state index in [1.807, 2.05) is 58.2 Å². The summed E-state index contributed by atoms with van der Waals surface area (Å²) in [6.45, 7) is 4.94. The molecule has 0 unspecified atom stereocenters. The van der Waals surface area contributed by atoms with Crippen molar-refractivity contribution in [3.8, 4) is 16.9 Å². The van der Waals surface area contributed by atoms with Gasteiger partial charge in [0.05, 0.1) is 23.1 Å². The lowest BCUT2D eigenvalue weighted by atomic mass is 10.1. The molecule has 1 fully saturated rings. The number of carbonyl (C=O) groups is 1. The maximum Gasteiger partial charge on any atom is 0.255 e. The Balaban J connectivity index is 1.24. The van der Waals surface area contributed by atoms with Crippen LogP contribution in [-0.2, 0) is 0 Å². The van der Waals surface area contributed by atoms with E-state index in [1.165, 1.54) is 5.56 Å². The first-order chi connectivity index (χ1) is 15.7. The Morgan fingerprint density at radius 2 is 1.69 bits per heavy atom. The van der Waals surface area contributed by atoms with E-state index in [1.54, 1.807) is 18.6 Å². The third-order valence-electron chi connectivity index (χ3n) is 5.73. The predicted octanol–water partition coefficient (Wildman–Crippen LogP) is 3.60. The molecule has 1 aliphatic heterocycles. The fourth-order valence-electron chi connectivity index (χ4n) is 3.85. The molecule has 160 valence electrons. The summed E-state index contributed by atoms with van der Waals surface area (Å²) in [7, 11) is 0. The van der Waals surface area contributed by atoms with E-state index in [2.05, 4.69) is 39.0 Å². The summed E-state index contributed by atoms with van der Waals surface area (Å²) in [5.74, 6) is 0.969. The summed E-state index contributed by atoms with van der Waals surface area (Å²) in [5.41, 5.74) is 4.51. The predicted molar refractivity (Wildman–Crippen MR) is 124 cm³/mol. The topological polar surface area (TPSA) is 67.2 Å². The zero-order valence-corrected chi connectivity index (χ0v) is 17.9. The zero-order valence-electron chi connectivity index (χ0n) is 17.9. The highest BCUT2D eigenvalue weighted by Gasteiger charge is 2.23. The molecular formula is C25H24N6O. The molecule has 0 aliphatic carbocycles. The number of piperazine rings is 1. The monoisotopic (exact) mass is 424 g/mol. The van der Waals surface area contributed by atoms with Gasteiger partial charge < -0.3 is 9.80 Å². The van der Waals surface area contributed by atoms with Gasteiger partial charge in [-0.05, 0) is 43.3 Å². The van der Waals surface area contributed by atoms with Gasteiger partial charge >= 0.3 is 0 Å². The van der Waals surface area contributed by atoms with E-state index in [-0.39, 0.29) is 5.91 Å². The lowest BCUT2D eigenvalue weighted by Crippen LogP contribution is -2.49. The number of hydrogen-bond acceptors (Lipinski definition) is 5. The van der Waals surface area contributed by atoms with Gasteiger partial charge in [-0.2, -0.15) is 5.10 Å². The average molecular weight is 425 g/mol. The maximum absolute atomic E-state index is 12.9. The van der Waals surface area contributed by atoms with Crippen LogP contribution < -0.4 is 4.90 Å². The summed E-state index contributed by atoms with van der Waals surface area (Å²) in [6, 6.07) is 17.8. The highest BCUT2D eigenvalue weighted by Crippen LogP contribution is 2.20. The van der Waals surface area contributed by atoms with Crippen molar-refractivity contribution < 1.29 is 4.79 Å². The summed E-state index contributed by atoms with van der Waals surface area (Å²) in [5, 5.41) is 4.45. The van der Waals surface area contributed by atoms with Crippen molar-refractivity contribution in [1.29, 1.82) is 0 Å². The molecule has 7 nitrogen and oxygen atoms in total. The molecule has 4 heterocycles. The Bertz CT molecular complexity index is 1190. The van der Waals surface area contributed by atoms with Gasteiger partial charge in [0.2, 0.25) is 0 Å². The molecule has 4 aromatic rings. The highest BCUT2D eigenvalue weighted by molar-refractivity contribution is 5.94. The van der Waals surface area contributed by atoms with E-state index in [9.17, 15) is 4.79 Å². The Labute approximate surface area is 187 Å². The smallest absolute Gasteiger partial charge is 0.255 e. The van der Waals surface area contributed by atoms with E-state index >= 15 is 0 Å². The number of rotatable bonds is 4. The van der Waals surface area contributed by atoms with Gasteiger partial charge in [-0.3, -0.25) is 9.78 Å². The lowest BCUT2D eigenvalue weighted by Gasteiger charge is -2.35. The first-order valence-corrected chi connectivity index (χ1v) is 10.7. The Hall–Kier alpha value is -4.00. The van der Waals surface area contributed by atoms with Gasteiger partial charge in [-0.1, -0.05) is 23.8 Å². The van der Waals surface area contributed by atoms with Crippen LogP contribution in [0, 0.1) is 6.92 Å². The second-order valence-electron chi connectivity index (χ2n) is 7.91. The van der Waals surface area contributed by atoms with Crippen molar-refractivity contribution in [3.63, 3.8) is 0 Å². The van der Waals surface area contributed by atoms with E-state index in [0.29, 0.717) is 18.7 Å². The minimum Gasteiger partial charge on any atom is -0.353 e.